The molecular formula is C15H15FN4O. The zero-order valence-corrected chi connectivity index (χ0v) is 11.4. The maximum atomic E-state index is 13.1. The molecule has 2 aromatic rings. The van der Waals surface area contributed by atoms with Crippen molar-refractivity contribution in [3.8, 4) is 0 Å². The van der Waals surface area contributed by atoms with Crippen LogP contribution in [0.25, 0.3) is 0 Å². The number of halogens is 1. The van der Waals surface area contributed by atoms with Crippen LogP contribution in [0.4, 0.5) is 20.6 Å². The van der Waals surface area contributed by atoms with Crippen molar-refractivity contribution in [2.24, 2.45) is 0 Å². The zero-order valence-electron chi connectivity index (χ0n) is 11.4. The Morgan fingerprint density at radius 2 is 1.95 bits per heavy atom. The lowest BCUT2D eigenvalue weighted by molar-refractivity contribution is 0.218. The van der Waals surface area contributed by atoms with E-state index in [1.807, 2.05) is 12.1 Å². The number of pyridine rings is 1. The molecule has 0 bridgehead atoms. The van der Waals surface area contributed by atoms with Crippen molar-refractivity contribution >= 4 is 17.4 Å². The summed E-state index contributed by atoms with van der Waals surface area (Å²) in [5.41, 5.74) is 7.80. The number of benzene rings is 1. The highest BCUT2D eigenvalue weighted by atomic mass is 19.1. The number of rotatable bonds is 3. The summed E-state index contributed by atoms with van der Waals surface area (Å²) >= 11 is 0. The molecular weight excluding hydrogens is 271 g/mol. The molecule has 1 aromatic carbocycles. The number of hydrogen-bond donors (Lipinski definition) is 1. The number of aromatic nitrogens is 1. The molecule has 0 radical (unpaired) electrons. The number of nitrogen functional groups attached to an aromatic ring is 1. The molecule has 6 heteroatoms. The standard InChI is InChI=1S/C15H15FN4O/c16-12-7-11(8-18-9-12)10-19-5-6-20(15(19)21)14-3-1-13(17)2-4-14/h1-4,7-9H,5-6,10,17H2. The van der Waals surface area contributed by atoms with Crippen LogP contribution in [0, 0.1) is 5.82 Å². The summed E-state index contributed by atoms with van der Waals surface area (Å²) in [6.45, 7) is 1.56. The van der Waals surface area contributed by atoms with Gasteiger partial charge >= 0.3 is 6.03 Å². The molecule has 0 unspecified atom stereocenters. The fourth-order valence-electron chi connectivity index (χ4n) is 2.39. The maximum absolute atomic E-state index is 13.1. The Morgan fingerprint density at radius 1 is 1.19 bits per heavy atom. The Kier molecular flexibility index (Phi) is 3.43. The van der Waals surface area contributed by atoms with E-state index in [0.29, 0.717) is 30.9 Å². The predicted octanol–water partition coefficient (Wildman–Crippen LogP) is 2.25. The Bertz CT molecular complexity index is 659. The molecule has 2 heterocycles. The number of nitrogens with zero attached hydrogens (tertiary/aromatic N) is 3. The highest BCUT2D eigenvalue weighted by molar-refractivity contribution is 5.94. The average molecular weight is 286 g/mol. The number of carbonyl (C=O) groups excluding carboxylic acids is 1. The van der Waals surface area contributed by atoms with Crippen molar-refractivity contribution in [1.29, 1.82) is 0 Å². The van der Waals surface area contributed by atoms with Crippen molar-refractivity contribution in [2.45, 2.75) is 6.54 Å². The minimum atomic E-state index is -0.394. The summed E-state index contributed by atoms with van der Waals surface area (Å²) < 4.78 is 13.1. The first-order valence-electron chi connectivity index (χ1n) is 6.65. The summed E-state index contributed by atoms with van der Waals surface area (Å²) in [5, 5.41) is 0. The highest BCUT2D eigenvalue weighted by Gasteiger charge is 2.29. The van der Waals surface area contributed by atoms with Crippen molar-refractivity contribution < 1.29 is 9.18 Å². The molecule has 0 aliphatic carbocycles. The van der Waals surface area contributed by atoms with Gasteiger partial charge < -0.3 is 10.6 Å². The lowest BCUT2D eigenvalue weighted by Gasteiger charge is -2.18. The summed E-state index contributed by atoms with van der Waals surface area (Å²) in [6.07, 6.45) is 2.72. The lowest BCUT2D eigenvalue weighted by atomic mass is 10.2. The Hall–Kier alpha value is -2.63. The van der Waals surface area contributed by atoms with Crippen LogP contribution in [0.15, 0.2) is 42.7 Å². The van der Waals surface area contributed by atoms with Crippen LogP contribution in [0.2, 0.25) is 0 Å². The quantitative estimate of drug-likeness (QED) is 0.880. The number of nitrogens with two attached hydrogens (primary N) is 1. The van der Waals surface area contributed by atoms with Crippen molar-refractivity contribution in [1.82, 2.24) is 9.88 Å². The van der Waals surface area contributed by atoms with Crippen LogP contribution in [0.5, 0.6) is 0 Å². The van der Waals surface area contributed by atoms with Gasteiger partial charge in [0.2, 0.25) is 0 Å². The van der Waals surface area contributed by atoms with Gasteiger partial charge in [-0.1, -0.05) is 0 Å². The molecule has 1 saturated heterocycles. The lowest BCUT2D eigenvalue weighted by Crippen LogP contribution is -2.31. The molecule has 0 spiro atoms. The molecule has 1 aliphatic heterocycles. The number of anilines is 2. The highest BCUT2D eigenvalue weighted by Crippen LogP contribution is 2.22. The molecule has 2 N–H and O–H groups in total. The van der Waals surface area contributed by atoms with Gasteiger partial charge in [0.25, 0.3) is 0 Å². The van der Waals surface area contributed by atoms with E-state index in [1.54, 1.807) is 28.1 Å². The number of urea groups is 1. The van der Waals surface area contributed by atoms with Crippen LogP contribution in [-0.2, 0) is 6.54 Å². The molecule has 1 aromatic heterocycles. The smallest absolute Gasteiger partial charge is 0.324 e. The normalized spacial score (nSPS) is 14.8. The first kappa shape index (κ1) is 13.4. The van der Waals surface area contributed by atoms with Crippen LogP contribution in [-0.4, -0.2) is 29.0 Å². The third kappa shape index (κ3) is 2.79. The molecule has 21 heavy (non-hydrogen) atoms. The number of amides is 2. The van der Waals surface area contributed by atoms with Gasteiger partial charge in [0.15, 0.2) is 0 Å². The van der Waals surface area contributed by atoms with Gasteiger partial charge in [-0.05, 0) is 35.9 Å². The molecule has 0 atom stereocenters. The van der Waals surface area contributed by atoms with Gasteiger partial charge in [-0.2, -0.15) is 0 Å². The van der Waals surface area contributed by atoms with Crippen LogP contribution in [0.3, 0.4) is 0 Å². The minimum Gasteiger partial charge on any atom is -0.399 e. The molecule has 1 fully saturated rings. The SMILES string of the molecule is Nc1ccc(N2CCN(Cc3cncc(F)c3)C2=O)cc1. The fraction of sp³-hybridized carbons (Fsp3) is 0.200. The van der Waals surface area contributed by atoms with E-state index in [-0.39, 0.29) is 6.03 Å². The monoisotopic (exact) mass is 286 g/mol. The van der Waals surface area contributed by atoms with Gasteiger partial charge in [0.1, 0.15) is 5.82 Å². The van der Waals surface area contributed by atoms with Crippen LogP contribution in [0.1, 0.15) is 5.56 Å². The first-order chi connectivity index (χ1) is 10.1. The molecule has 1 aliphatic rings. The zero-order chi connectivity index (χ0) is 14.8. The molecule has 2 amide bonds. The van der Waals surface area contributed by atoms with E-state index in [2.05, 4.69) is 4.98 Å². The molecule has 5 nitrogen and oxygen atoms in total. The van der Waals surface area contributed by atoms with Gasteiger partial charge in [-0.3, -0.25) is 9.88 Å². The average Bonchev–Trinajstić information content (AvgIpc) is 2.81. The van der Waals surface area contributed by atoms with Gasteiger partial charge in [-0.25, -0.2) is 9.18 Å². The summed E-state index contributed by atoms with van der Waals surface area (Å²) in [4.78, 5) is 19.5. The third-order valence-corrected chi connectivity index (χ3v) is 3.43. The second-order valence-corrected chi connectivity index (χ2v) is 4.96. The van der Waals surface area contributed by atoms with Crippen molar-refractivity contribution in [3.05, 3.63) is 54.1 Å². The van der Waals surface area contributed by atoms with E-state index in [1.165, 1.54) is 6.07 Å². The number of carbonyl (C=O) groups is 1. The maximum Gasteiger partial charge on any atom is 0.324 e. The van der Waals surface area contributed by atoms with E-state index < -0.39 is 5.82 Å². The van der Waals surface area contributed by atoms with Crippen molar-refractivity contribution in [2.75, 3.05) is 23.7 Å². The van der Waals surface area contributed by atoms with Gasteiger partial charge in [0, 0.05) is 37.2 Å². The molecule has 3 rings (SSSR count). The van der Waals surface area contributed by atoms with Crippen LogP contribution < -0.4 is 10.6 Å². The Labute approximate surface area is 121 Å². The second kappa shape index (κ2) is 5.40. The van der Waals surface area contributed by atoms with Crippen LogP contribution >= 0.6 is 0 Å². The van der Waals surface area contributed by atoms with Crippen molar-refractivity contribution in [3.63, 3.8) is 0 Å². The molecule has 108 valence electrons. The Morgan fingerprint density at radius 3 is 2.67 bits per heavy atom. The van der Waals surface area contributed by atoms with E-state index >= 15 is 0 Å². The predicted molar refractivity (Wildman–Crippen MR) is 78.2 cm³/mol. The van der Waals surface area contributed by atoms with E-state index in [9.17, 15) is 9.18 Å². The van der Waals surface area contributed by atoms with E-state index in [0.717, 1.165) is 11.9 Å². The molecule has 0 saturated carbocycles. The first-order valence-corrected chi connectivity index (χ1v) is 6.65. The fourth-order valence-corrected chi connectivity index (χ4v) is 2.39. The summed E-state index contributed by atoms with van der Waals surface area (Å²) in [7, 11) is 0. The van der Waals surface area contributed by atoms with Gasteiger partial charge in [0.05, 0.1) is 6.20 Å². The van der Waals surface area contributed by atoms with Gasteiger partial charge in [-0.15, -0.1) is 0 Å². The Balaban J connectivity index is 1.73. The van der Waals surface area contributed by atoms with E-state index in [4.69, 9.17) is 5.73 Å². The summed E-state index contributed by atoms with van der Waals surface area (Å²) in [6, 6.07) is 8.47. The largest absolute Gasteiger partial charge is 0.399 e. The third-order valence-electron chi connectivity index (χ3n) is 3.43. The minimum absolute atomic E-state index is 0.0935. The topological polar surface area (TPSA) is 62.5 Å². The second-order valence-electron chi connectivity index (χ2n) is 4.96. The number of hydrogen-bond acceptors (Lipinski definition) is 3. The summed E-state index contributed by atoms with van der Waals surface area (Å²) in [5.74, 6) is -0.394.